The highest BCUT2D eigenvalue weighted by Gasteiger charge is 2.22. The SMILES string of the molecule is CCCNC1CCC(OC(C)C#N)CC1. The lowest BCUT2D eigenvalue weighted by Crippen LogP contribution is -2.36. The minimum atomic E-state index is -0.254. The van der Waals surface area contributed by atoms with Crippen molar-refractivity contribution in [3.05, 3.63) is 0 Å². The first-order valence-electron chi connectivity index (χ1n) is 6.04. The van der Waals surface area contributed by atoms with Gasteiger partial charge in [-0.3, -0.25) is 0 Å². The third-order valence-electron chi connectivity index (χ3n) is 2.94. The van der Waals surface area contributed by atoms with Gasteiger partial charge in [0.15, 0.2) is 0 Å². The summed E-state index contributed by atoms with van der Waals surface area (Å²) in [6.45, 7) is 5.13. The summed E-state index contributed by atoms with van der Waals surface area (Å²) in [5, 5.41) is 12.2. The molecule has 0 aromatic heterocycles. The summed E-state index contributed by atoms with van der Waals surface area (Å²) >= 11 is 0. The predicted molar refractivity (Wildman–Crippen MR) is 60.5 cm³/mol. The number of hydrogen-bond donors (Lipinski definition) is 1. The molecule has 0 radical (unpaired) electrons. The van der Waals surface area contributed by atoms with E-state index in [1.165, 1.54) is 19.3 Å². The average Bonchev–Trinajstić information content (AvgIpc) is 2.28. The molecule has 86 valence electrons. The molecule has 0 saturated heterocycles. The molecule has 0 aliphatic heterocycles. The first-order chi connectivity index (χ1) is 7.26. The van der Waals surface area contributed by atoms with Gasteiger partial charge < -0.3 is 10.1 Å². The van der Waals surface area contributed by atoms with E-state index < -0.39 is 0 Å². The van der Waals surface area contributed by atoms with Crippen molar-refractivity contribution in [3.8, 4) is 6.07 Å². The average molecular weight is 210 g/mol. The molecule has 3 heteroatoms. The summed E-state index contributed by atoms with van der Waals surface area (Å²) in [5.74, 6) is 0. The Hall–Kier alpha value is -0.590. The highest BCUT2D eigenvalue weighted by atomic mass is 16.5. The number of hydrogen-bond acceptors (Lipinski definition) is 3. The van der Waals surface area contributed by atoms with Crippen LogP contribution in [0.5, 0.6) is 0 Å². The van der Waals surface area contributed by atoms with E-state index in [-0.39, 0.29) is 6.10 Å². The number of nitriles is 1. The summed E-state index contributed by atoms with van der Waals surface area (Å²) in [6, 6.07) is 2.79. The summed E-state index contributed by atoms with van der Waals surface area (Å²) in [7, 11) is 0. The van der Waals surface area contributed by atoms with Crippen LogP contribution in [-0.2, 0) is 4.74 Å². The van der Waals surface area contributed by atoms with Crippen molar-refractivity contribution in [2.24, 2.45) is 0 Å². The van der Waals surface area contributed by atoms with Gasteiger partial charge in [-0.2, -0.15) is 5.26 Å². The molecule has 1 aliphatic carbocycles. The lowest BCUT2D eigenvalue weighted by Gasteiger charge is -2.29. The van der Waals surface area contributed by atoms with Gasteiger partial charge in [-0.1, -0.05) is 6.92 Å². The van der Waals surface area contributed by atoms with Crippen LogP contribution in [-0.4, -0.2) is 24.8 Å². The summed E-state index contributed by atoms with van der Waals surface area (Å²) < 4.78 is 5.60. The lowest BCUT2D eigenvalue weighted by molar-refractivity contribution is -0.000250. The molecule has 0 aromatic rings. The van der Waals surface area contributed by atoms with Crippen LogP contribution < -0.4 is 5.32 Å². The first kappa shape index (κ1) is 12.5. The van der Waals surface area contributed by atoms with Gasteiger partial charge in [0.05, 0.1) is 12.2 Å². The molecule has 1 saturated carbocycles. The van der Waals surface area contributed by atoms with Crippen LogP contribution in [0, 0.1) is 11.3 Å². The largest absolute Gasteiger partial charge is 0.360 e. The van der Waals surface area contributed by atoms with E-state index in [4.69, 9.17) is 10.00 Å². The van der Waals surface area contributed by atoms with Crippen LogP contribution in [0.2, 0.25) is 0 Å². The van der Waals surface area contributed by atoms with Crippen molar-refractivity contribution >= 4 is 0 Å². The monoisotopic (exact) mass is 210 g/mol. The Morgan fingerprint density at radius 3 is 2.60 bits per heavy atom. The van der Waals surface area contributed by atoms with Crippen LogP contribution in [0.25, 0.3) is 0 Å². The summed E-state index contributed by atoms with van der Waals surface area (Å²) in [6.07, 6.45) is 5.79. The van der Waals surface area contributed by atoms with Crippen LogP contribution in [0.15, 0.2) is 0 Å². The number of rotatable bonds is 5. The van der Waals surface area contributed by atoms with Crippen LogP contribution in [0.3, 0.4) is 0 Å². The maximum absolute atomic E-state index is 8.65. The smallest absolute Gasteiger partial charge is 0.141 e. The second-order valence-corrected chi connectivity index (χ2v) is 4.34. The molecule has 1 fully saturated rings. The zero-order valence-corrected chi connectivity index (χ0v) is 9.83. The Morgan fingerprint density at radius 2 is 2.07 bits per heavy atom. The van der Waals surface area contributed by atoms with Crippen LogP contribution >= 0.6 is 0 Å². The van der Waals surface area contributed by atoms with E-state index in [2.05, 4.69) is 18.3 Å². The zero-order valence-electron chi connectivity index (χ0n) is 9.83. The second-order valence-electron chi connectivity index (χ2n) is 4.34. The van der Waals surface area contributed by atoms with Gasteiger partial charge in [-0.15, -0.1) is 0 Å². The highest BCUT2D eigenvalue weighted by Crippen LogP contribution is 2.22. The normalized spacial score (nSPS) is 28.3. The number of nitrogens with zero attached hydrogens (tertiary/aromatic N) is 1. The van der Waals surface area contributed by atoms with Gasteiger partial charge >= 0.3 is 0 Å². The standard InChI is InChI=1S/C12H22N2O/c1-3-8-14-11-4-6-12(7-5-11)15-10(2)9-13/h10-12,14H,3-8H2,1-2H3. The molecule has 1 unspecified atom stereocenters. The third-order valence-corrected chi connectivity index (χ3v) is 2.94. The molecule has 0 bridgehead atoms. The fourth-order valence-corrected chi connectivity index (χ4v) is 2.07. The molecule has 1 aliphatic rings. The molecule has 1 atom stereocenters. The summed E-state index contributed by atoms with van der Waals surface area (Å²) in [5.41, 5.74) is 0. The minimum Gasteiger partial charge on any atom is -0.360 e. The number of ether oxygens (including phenoxy) is 1. The summed E-state index contributed by atoms with van der Waals surface area (Å²) in [4.78, 5) is 0. The van der Waals surface area contributed by atoms with E-state index in [1.807, 2.05) is 6.92 Å². The van der Waals surface area contributed by atoms with Gasteiger partial charge in [0.2, 0.25) is 0 Å². The molecule has 1 N–H and O–H groups in total. The fourth-order valence-electron chi connectivity index (χ4n) is 2.07. The van der Waals surface area contributed by atoms with E-state index in [9.17, 15) is 0 Å². The van der Waals surface area contributed by atoms with E-state index in [0.29, 0.717) is 12.1 Å². The van der Waals surface area contributed by atoms with Crippen molar-refractivity contribution < 1.29 is 4.74 Å². The van der Waals surface area contributed by atoms with Crippen molar-refractivity contribution in [3.63, 3.8) is 0 Å². The molecular weight excluding hydrogens is 188 g/mol. The Kier molecular flexibility index (Phi) is 5.67. The van der Waals surface area contributed by atoms with Crippen LogP contribution in [0.1, 0.15) is 46.0 Å². The second kappa shape index (κ2) is 6.81. The Morgan fingerprint density at radius 1 is 1.40 bits per heavy atom. The highest BCUT2D eigenvalue weighted by molar-refractivity contribution is 4.83. The predicted octanol–water partition coefficient (Wildman–Crippen LogP) is 2.23. The van der Waals surface area contributed by atoms with E-state index in [1.54, 1.807) is 0 Å². The maximum Gasteiger partial charge on any atom is 0.141 e. The molecule has 3 nitrogen and oxygen atoms in total. The molecule has 15 heavy (non-hydrogen) atoms. The Labute approximate surface area is 92.8 Å². The molecular formula is C12H22N2O. The Bertz CT molecular complexity index is 204. The van der Waals surface area contributed by atoms with Gasteiger partial charge in [-0.25, -0.2) is 0 Å². The molecule has 0 spiro atoms. The third kappa shape index (κ3) is 4.63. The van der Waals surface area contributed by atoms with Gasteiger partial charge in [0.25, 0.3) is 0 Å². The quantitative estimate of drug-likeness (QED) is 0.756. The Balaban J connectivity index is 2.15. The first-order valence-corrected chi connectivity index (χ1v) is 6.04. The maximum atomic E-state index is 8.65. The van der Waals surface area contributed by atoms with E-state index >= 15 is 0 Å². The van der Waals surface area contributed by atoms with Gasteiger partial charge in [-0.05, 0) is 45.6 Å². The minimum absolute atomic E-state index is 0.254. The van der Waals surface area contributed by atoms with Crippen molar-refractivity contribution in [1.82, 2.24) is 5.32 Å². The topological polar surface area (TPSA) is 45.0 Å². The van der Waals surface area contributed by atoms with Crippen LogP contribution in [0.4, 0.5) is 0 Å². The zero-order chi connectivity index (χ0) is 11.1. The van der Waals surface area contributed by atoms with Gasteiger partial charge in [0.1, 0.15) is 6.10 Å². The van der Waals surface area contributed by atoms with Crippen molar-refractivity contribution in [2.45, 2.75) is 64.2 Å². The molecule has 1 rings (SSSR count). The van der Waals surface area contributed by atoms with Crippen molar-refractivity contribution in [2.75, 3.05) is 6.54 Å². The van der Waals surface area contributed by atoms with Crippen molar-refractivity contribution in [1.29, 1.82) is 5.26 Å². The fraction of sp³-hybridized carbons (Fsp3) is 0.917. The molecule has 0 heterocycles. The van der Waals surface area contributed by atoms with E-state index in [0.717, 1.165) is 19.4 Å². The molecule has 0 amide bonds. The van der Waals surface area contributed by atoms with Gasteiger partial charge in [0, 0.05) is 6.04 Å². The lowest BCUT2D eigenvalue weighted by atomic mass is 9.93. The molecule has 0 aromatic carbocycles. The number of nitrogens with one attached hydrogen (secondary N) is 1.